The molecule has 0 saturated carbocycles. The van der Waals surface area contributed by atoms with E-state index < -0.39 is 0 Å². The van der Waals surface area contributed by atoms with Crippen LogP contribution in [-0.2, 0) is 0 Å². The Morgan fingerprint density at radius 1 is 0.789 bits per heavy atom. The maximum Gasteiger partial charge on any atom is 0.225 e. The van der Waals surface area contributed by atoms with Gasteiger partial charge in [0.15, 0.2) is 5.82 Å². The monoisotopic (exact) mass is 271 g/mol. The molecular formula is C13H10ClN5. The summed E-state index contributed by atoms with van der Waals surface area (Å²) < 4.78 is 0. The van der Waals surface area contributed by atoms with E-state index in [9.17, 15) is 0 Å². The zero-order chi connectivity index (χ0) is 13.4. The fourth-order valence-electron chi connectivity index (χ4n) is 1.99. The Bertz CT molecular complexity index is 752. The van der Waals surface area contributed by atoms with Crippen LogP contribution in [0.5, 0.6) is 0 Å². The average molecular weight is 272 g/mol. The fourth-order valence-corrected chi connectivity index (χ4v) is 2.21. The van der Waals surface area contributed by atoms with Crippen molar-refractivity contribution in [1.82, 2.24) is 15.0 Å². The van der Waals surface area contributed by atoms with E-state index in [4.69, 9.17) is 23.1 Å². The molecule has 0 bridgehead atoms. The van der Waals surface area contributed by atoms with Gasteiger partial charge in [-0.3, -0.25) is 0 Å². The topological polar surface area (TPSA) is 90.7 Å². The van der Waals surface area contributed by atoms with Crippen molar-refractivity contribution in [2.75, 3.05) is 11.5 Å². The number of nitrogen functional groups attached to an aromatic ring is 2. The number of hydrogen-bond acceptors (Lipinski definition) is 5. The first kappa shape index (κ1) is 11.7. The van der Waals surface area contributed by atoms with Gasteiger partial charge in [-0.2, -0.15) is 15.0 Å². The van der Waals surface area contributed by atoms with Gasteiger partial charge in [0.25, 0.3) is 0 Å². The van der Waals surface area contributed by atoms with E-state index in [2.05, 4.69) is 15.0 Å². The molecule has 6 heteroatoms. The molecule has 0 saturated heterocycles. The lowest BCUT2D eigenvalue weighted by molar-refractivity contribution is 1.09. The van der Waals surface area contributed by atoms with Crippen molar-refractivity contribution in [1.29, 1.82) is 0 Å². The van der Waals surface area contributed by atoms with E-state index in [0.717, 1.165) is 16.3 Å². The summed E-state index contributed by atoms with van der Waals surface area (Å²) in [5.74, 6) is 0.640. The molecular weight excluding hydrogens is 262 g/mol. The second-order valence-corrected chi connectivity index (χ2v) is 4.42. The largest absolute Gasteiger partial charge is 0.368 e. The predicted molar refractivity (Wildman–Crippen MR) is 76.6 cm³/mol. The number of aromatic nitrogens is 3. The summed E-state index contributed by atoms with van der Waals surface area (Å²) in [7, 11) is 0. The normalized spacial score (nSPS) is 10.8. The van der Waals surface area contributed by atoms with E-state index >= 15 is 0 Å². The Labute approximate surface area is 114 Å². The SMILES string of the molecule is Nc1nc(N)nc(-c2ccc(Cl)c3ccccc23)n1. The molecule has 3 aromatic rings. The number of nitrogens with two attached hydrogens (primary N) is 2. The van der Waals surface area contributed by atoms with Crippen molar-refractivity contribution >= 4 is 34.3 Å². The third-order valence-electron chi connectivity index (χ3n) is 2.78. The quantitative estimate of drug-likeness (QED) is 0.710. The lowest BCUT2D eigenvalue weighted by Gasteiger charge is -2.07. The minimum absolute atomic E-state index is 0.0986. The van der Waals surface area contributed by atoms with Crippen molar-refractivity contribution < 1.29 is 0 Å². The maximum absolute atomic E-state index is 6.18. The van der Waals surface area contributed by atoms with Crippen LogP contribution in [-0.4, -0.2) is 15.0 Å². The molecule has 0 aliphatic rings. The van der Waals surface area contributed by atoms with Crippen LogP contribution in [0, 0.1) is 0 Å². The minimum Gasteiger partial charge on any atom is -0.368 e. The number of nitrogens with zero attached hydrogens (tertiary/aromatic N) is 3. The summed E-state index contributed by atoms with van der Waals surface area (Å²) in [6, 6.07) is 11.4. The van der Waals surface area contributed by atoms with Crippen LogP contribution in [0.2, 0.25) is 5.02 Å². The van der Waals surface area contributed by atoms with Crippen molar-refractivity contribution in [3.8, 4) is 11.4 Å². The molecule has 0 fully saturated rings. The summed E-state index contributed by atoms with van der Waals surface area (Å²) in [6.45, 7) is 0. The lowest BCUT2D eigenvalue weighted by Crippen LogP contribution is -2.04. The Morgan fingerprint density at radius 3 is 2.11 bits per heavy atom. The highest BCUT2D eigenvalue weighted by Crippen LogP contribution is 2.31. The third-order valence-corrected chi connectivity index (χ3v) is 3.11. The van der Waals surface area contributed by atoms with Gasteiger partial charge in [0.1, 0.15) is 0 Å². The summed E-state index contributed by atoms with van der Waals surface area (Å²) in [4.78, 5) is 12.0. The molecule has 0 aliphatic carbocycles. The Kier molecular flexibility index (Phi) is 2.68. The van der Waals surface area contributed by atoms with Gasteiger partial charge in [-0.25, -0.2) is 0 Å². The molecule has 3 rings (SSSR count). The van der Waals surface area contributed by atoms with Gasteiger partial charge >= 0.3 is 0 Å². The molecule has 1 aromatic heterocycles. The van der Waals surface area contributed by atoms with Gasteiger partial charge in [-0.15, -0.1) is 0 Å². The van der Waals surface area contributed by atoms with Gasteiger partial charge in [0.05, 0.1) is 0 Å². The first-order valence-electron chi connectivity index (χ1n) is 5.60. The van der Waals surface area contributed by atoms with Gasteiger partial charge in [0.2, 0.25) is 11.9 Å². The molecule has 0 radical (unpaired) electrons. The molecule has 0 amide bonds. The molecule has 1 heterocycles. The summed E-state index contributed by atoms with van der Waals surface area (Å²) >= 11 is 6.18. The van der Waals surface area contributed by atoms with Gasteiger partial charge < -0.3 is 11.5 Å². The van der Waals surface area contributed by atoms with Crippen molar-refractivity contribution in [3.63, 3.8) is 0 Å². The van der Waals surface area contributed by atoms with Crippen LogP contribution in [0.3, 0.4) is 0 Å². The van der Waals surface area contributed by atoms with E-state index in [1.54, 1.807) is 6.07 Å². The minimum atomic E-state index is 0.0986. The molecule has 2 aromatic carbocycles. The van der Waals surface area contributed by atoms with E-state index in [-0.39, 0.29) is 11.9 Å². The van der Waals surface area contributed by atoms with Crippen LogP contribution in [0.25, 0.3) is 22.2 Å². The fraction of sp³-hybridized carbons (Fsp3) is 0. The third kappa shape index (κ3) is 2.04. The lowest BCUT2D eigenvalue weighted by atomic mass is 10.0. The van der Waals surface area contributed by atoms with E-state index in [1.165, 1.54) is 0 Å². The van der Waals surface area contributed by atoms with Crippen molar-refractivity contribution in [2.24, 2.45) is 0 Å². The smallest absolute Gasteiger partial charge is 0.225 e. The Hall–Kier alpha value is -2.40. The van der Waals surface area contributed by atoms with Gasteiger partial charge in [-0.05, 0) is 17.5 Å². The van der Waals surface area contributed by atoms with Gasteiger partial charge in [-0.1, -0.05) is 35.9 Å². The zero-order valence-corrected chi connectivity index (χ0v) is 10.6. The van der Waals surface area contributed by atoms with Crippen LogP contribution in [0.1, 0.15) is 0 Å². The average Bonchev–Trinajstić information content (AvgIpc) is 2.38. The van der Waals surface area contributed by atoms with Crippen LogP contribution in [0.15, 0.2) is 36.4 Å². The second-order valence-electron chi connectivity index (χ2n) is 4.02. The highest BCUT2D eigenvalue weighted by atomic mass is 35.5. The predicted octanol–water partition coefficient (Wildman–Crippen LogP) is 2.51. The van der Waals surface area contributed by atoms with Crippen LogP contribution < -0.4 is 11.5 Å². The second kappa shape index (κ2) is 4.37. The molecule has 19 heavy (non-hydrogen) atoms. The first-order chi connectivity index (χ1) is 9.15. The Morgan fingerprint density at radius 2 is 1.42 bits per heavy atom. The molecule has 94 valence electrons. The maximum atomic E-state index is 6.18. The van der Waals surface area contributed by atoms with Crippen LogP contribution >= 0.6 is 11.6 Å². The molecule has 0 unspecified atom stereocenters. The summed E-state index contributed by atoms with van der Waals surface area (Å²) in [6.07, 6.45) is 0. The van der Waals surface area contributed by atoms with E-state index in [0.29, 0.717) is 10.8 Å². The molecule has 0 atom stereocenters. The van der Waals surface area contributed by atoms with Crippen molar-refractivity contribution in [2.45, 2.75) is 0 Å². The number of anilines is 2. The highest BCUT2D eigenvalue weighted by molar-refractivity contribution is 6.36. The molecule has 4 N–H and O–H groups in total. The number of rotatable bonds is 1. The van der Waals surface area contributed by atoms with Gasteiger partial charge in [0, 0.05) is 16.0 Å². The standard InChI is InChI=1S/C13H10ClN5/c14-10-6-5-9(7-3-1-2-4-8(7)10)11-17-12(15)19-13(16)18-11/h1-6H,(H4,15,16,17,18,19). The Balaban J connectivity index is 2.34. The zero-order valence-electron chi connectivity index (χ0n) is 9.84. The highest BCUT2D eigenvalue weighted by Gasteiger charge is 2.10. The number of hydrogen-bond donors (Lipinski definition) is 2. The summed E-state index contributed by atoms with van der Waals surface area (Å²) in [5, 5.41) is 2.55. The number of benzene rings is 2. The number of fused-ring (bicyclic) bond motifs is 1. The van der Waals surface area contributed by atoms with Crippen LogP contribution in [0.4, 0.5) is 11.9 Å². The number of halogens is 1. The molecule has 0 spiro atoms. The molecule has 5 nitrogen and oxygen atoms in total. The first-order valence-corrected chi connectivity index (χ1v) is 5.97. The van der Waals surface area contributed by atoms with E-state index in [1.807, 2.05) is 30.3 Å². The molecule has 0 aliphatic heterocycles. The van der Waals surface area contributed by atoms with Crippen molar-refractivity contribution in [3.05, 3.63) is 41.4 Å². The summed E-state index contributed by atoms with van der Waals surface area (Å²) in [5.41, 5.74) is 12.0.